The topological polar surface area (TPSA) is 142 Å². The summed E-state index contributed by atoms with van der Waals surface area (Å²) in [7, 11) is -3.86. The molecule has 0 fully saturated rings. The van der Waals surface area contributed by atoms with Gasteiger partial charge in [-0.1, -0.05) is 23.4 Å². The van der Waals surface area contributed by atoms with Crippen LogP contribution in [-0.4, -0.2) is 31.1 Å². The van der Waals surface area contributed by atoms with Crippen LogP contribution in [0.5, 0.6) is 0 Å². The lowest BCUT2D eigenvalue weighted by molar-refractivity contribution is -0.386. The molecule has 0 atom stereocenters. The highest BCUT2D eigenvalue weighted by Crippen LogP contribution is 2.25. The van der Waals surface area contributed by atoms with E-state index in [4.69, 9.17) is 9.26 Å². The zero-order chi connectivity index (χ0) is 23.3. The lowest BCUT2D eigenvalue weighted by atomic mass is 10.2. The van der Waals surface area contributed by atoms with Crippen LogP contribution in [0.25, 0.3) is 12.2 Å². The number of aromatic nitrogens is 1. The van der Waals surface area contributed by atoms with Crippen LogP contribution in [-0.2, 0) is 14.8 Å². The summed E-state index contributed by atoms with van der Waals surface area (Å²) in [4.78, 5) is 22.2. The molecule has 32 heavy (non-hydrogen) atoms. The van der Waals surface area contributed by atoms with E-state index in [1.54, 1.807) is 25.1 Å². The Bertz CT molecular complexity index is 1260. The maximum absolute atomic E-state index is 12.6. The first-order chi connectivity index (χ1) is 15.2. The summed E-state index contributed by atoms with van der Waals surface area (Å²) in [5.74, 6) is -0.492. The molecule has 166 valence electrons. The Morgan fingerprint density at radius 2 is 1.81 bits per heavy atom. The summed E-state index contributed by atoms with van der Waals surface area (Å²) in [6.45, 7) is 3.41. The highest BCUT2D eigenvalue weighted by molar-refractivity contribution is 7.92. The summed E-state index contributed by atoms with van der Waals surface area (Å²) in [5, 5.41) is 14.7. The third kappa shape index (κ3) is 5.19. The SMILES string of the molecule is CCOC(=O)c1ccc(NS(=O)(=O)c2ccc(/C=C/c3onc(C)c3[N+](=O)[O-])cc2)cc1. The van der Waals surface area contributed by atoms with Crippen LogP contribution in [0.1, 0.15) is 34.3 Å². The first-order valence-electron chi connectivity index (χ1n) is 9.40. The number of hydrogen-bond acceptors (Lipinski definition) is 8. The van der Waals surface area contributed by atoms with Gasteiger partial charge in [0, 0.05) is 5.69 Å². The summed E-state index contributed by atoms with van der Waals surface area (Å²) in [6, 6.07) is 11.8. The van der Waals surface area contributed by atoms with Crippen LogP contribution in [0.2, 0.25) is 0 Å². The van der Waals surface area contributed by atoms with Gasteiger partial charge in [0.15, 0.2) is 5.69 Å². The largest absolute Gasteiger partial charge is 0.462 e. The molecule has 0 aliphatic rings. The molecule has 1 aromatic heterocycles. The van der Waals surface area contributed by atoms with Gasteiger partial charge in [0.2, 0.25) is 5.76 Å². The lowest BCUT2D eigenvalue weighted by Crippen LogP contribution is -2.13. The third-order valence-corrected chi connectivity index (χ3v) is 5.70. The van der Waals surface area contributed by atoms with E-state index in [1.165, 1.54) is 49.4 Å². The predicted molar refractivity (Wildman–Crippen MR) is 116 cm³/mol. The molecule has 10 nitrogen and oxygen atoms in total. The van der Waals surface area contributed by atoms with E-state index < -0.39 is 20.9 Å². The Hall–Kier alpha value is -3.99. The van der Waals surface area contributed by atoms with E-state index in [2.05, 4.69) is 9.88 Å². The van der Waals surface area contributed by atoms with Gasteiger partial charge in [0.05, 0.1) is 22.0 Å². The van der Waals surface area contributed by atoms with Crippen molar-refractivity contribution < 1.29 is 27.4 Å². The van der Waals surface area contributed by atoms with Gasteiger partial charge in [-0.15, -0.1) is 0 Å². The summed E-state index contributed by atoms with van der Waals surface area (Å²) >= 11 is 0. The summed E-state index contributed by atoms with van der Waals surface area (Å²) in [5.41, 5.74) is 1.14. The van der Waals surface area contributed by atoms with Crippen molar-refractivity contribution in [1.82, 2.24) is 5.16 Å². The maximum atomic E-state index is 12.6. The number of nitrogens with one attached hydrogen (secondary N) is 1. The summed E-state index contributed by atoms with van der Waals surface area (Å²) in [6.07, 6.45) is 2.94. The second kappa shape index (κ2) is 9.43. The Morgan fingerprint density at radius 3 is 2.41 bits per heavy atom. The van der Waals surface area contributed by atoms with Gasteiger partial charge in [-0.3, -0.25) is 14.8 Å². The molecule has 0 saturated carbocycles. The number of nitrogens with zero attached hydrogens (tertiary/aromatic N) is 2. The number of carbonyl (C=O) groups excluding carboxylic acids is 1. The molecule has 1 heterocycles. The van der Waals surface area contributed by atoms with E-state index >= 15 is 0 Å². The quantitative estimate of drug-likeness (QED) is 0.303. The number of esters is 1. The number of anilines is 1. The van der Waals surface area contributed by atoms with Gasteiger partial charge in [-0.2, -0.15) is 0 Å². The smallest absolute Gasteiger partial charge is 0.338 e. The molecule has 0 aliphatic carbocycles. The number of hydrogen-bond donors (Lipinski definition) is 1. The molecule has 2 aromatic carbocycles. The molecule has 0 amide bonds. The van der Waals surface area contributed by atoms with Crippen molar-refractivity contribution in [3.63, 3.8) is 0 Å². The number of aryl methyl sites for hydroxylation is 1. The van der Waals surface area contributed by atoms with E-state index in [1.807, 2.05) is 0 Å². The molecule has 3 aromatic rings. The number of rotatable bonds is 8. The van der Waals surface area contributed by atoms with Crippen LogP contribution < -0.4 is 4.72 Å². The maximum Gasteiger partial charge on any atom is 0.338 e. The van der Waals surface area contributed by atoms with Crippen molar-refractivity contribution in [2.45, 2.75) is 18.7 Å². The predicted octanol–water partition coefficient (Wildman–Crippen LogP) is 4.04. The van der Waals surface area contributed by atoms with Gasteiger partial charge in [0.25, 0.3) is 10.0 Å². The fourth-order valence-electron chi connectivity index (χ4n) is 2.75. The van der Waals surface area contributed by atoms with E-state index in [-0.39, 0.29) is 34.3 Å². The average molecular weight is 457 g/mol. The van der Waals surface area contributed by atoms with Crippen molar-refractivity contribution in [3.05, 3.63) is 81.2 Å². The standard InChI is InChI=1S/C21H19N3O7S/c1-3-30-21(25)16-7-9-17(10-8-16)23-32(28,29)18-11-4-15(5-12-18)6-13-19-20(24(26)27)14(2)22-31-19/h4-13,23H,3H2,1-2H3/b13-6+. The minimum Gasteiger partial charge on any atom is -0.462 e. The molecular weight excluding hydrogens is 438 g/mol. The van der Waals surface area contributed by atoms with Crippen molar-refractivity contribution in [2.24, 2.45) is 0 Å². The van der Waals surface area contributed by atoms with Crippen LogP contribution >= 0.6 is 0 Å². The van der Waals surface area contributed by atoms with Crippen LogP contribution in [0.4, 0.5) is 11.4 Å². The Morgan fingerprint density at radius 1 is 1.16 bits per heavy atom. The van der Waals surface area contributed by atoms with Gasteiger partial charge >= 0.3 is 11.7 Å². The van der Waals surface area contributed by atoms with E-state index in [9.17, 15) is 23.3 Å². The minimum atomic E-state index is -3.86. The zero-order valence-corrected chi connectivity index (χ0v) is 18.0. The molecule has 1 N–H and O–H groups in total. The molecule has 0 unspecified atom stereocenters. The zero-order valence-electron chi connectivity index (χ0n) is 17.1. The van der Waals surface area contributed by atoms with Crippen molar-refractivity contribution >= 4 is 39.5 Å². The molecule has 0 radical (unpaired) electrons. The highest BCUT2D eigenvalue weighted by Gasteiger charge is 2.22. The van der Waals surface area contributed by atoms with Gasteiger partial charge < -0.3 is 9.26 Å². The van der Waals surface area contributed by atoms with E-state index in [0.29, 0.717) is 11.1 Å². The van der Waals surface area contributed by atoms with Crippen molar-refractivity contribution in [2.75, 3.05) is 11.3 Å². The number of ether oxygens (including phenoxy) is 1. The normalized spacial score (nSPS) is 11.4. The third-order valence-electron chi connectivity index (χ3n) is 4.31. The molecule has 0 spiro atoms. The second-order valence-corrected chi connectivity index (χ2v) is 8.23. The van der Waals surface area contributed by atoms with Crippen molar-refractivity contribution in [3.8, 4) is 0 Å². The van der Waals surface area contributed by atoms with E-state index in [0.717, 1.165) is 0 Å². The number of nitro groups is 1. The van der Waals surface area contributed by atoms with Gasteiger partial charge in [-0.05, 0) is 61.9 Å². The van der Waals surface area contributed by atoms with Crippen LogP contribution in [0, 0.1) is 17.0 Å². The van der Waals surface area contributed by atoms with Crippen molar-refractivity contribution in [1.29, 1.82) is 0 Å². The molecule has 11 heteroatoms. The Balaban J connectivity index is 1.72. The van der Waals surface area contributed by atoms with Gasteiger partial charge in [-0.25, -0.2) is 13.2 Å². The van der Waals surface area contributed by atoms with Gasteiger partial charge in [0.1, 0.15) is 0 Å². The molecule has 0 bridgehead atoms. The monoisotopic (exact) mass is 457 g/mol. The minimum absolute atomic E-state index is 0.00266. The molecular formula is C21H19N3O7S. The second-order valence-electron chi connectivity index (χ2n) is 6.54. The van der Waals surface area contributed by atoms with Crippen LogP contribution in [0.3, 0.4) is 0 Å². The number of carbonyl (C=O) groups is 1. The molecule has 3 rings (SSSR count). The summed E-state index contributed by atoms with van der Waals surface area (Å²) < 4.78 is 37.5. The Labute approximate surface area is 183 Å². The first kappa shape index (κ1) is 22.7. The molecule has 0 saturated heterocycles. The number of benzene rings is 2. The average Bonchev–Trinajstić information content (AvgIpc) is 3.13. The first-order valence-corrected chi connectivity index (χ1v) is 10.9. The fraction of sp³-hybridized carbons (Fsp3) is 0.143. The lowest BCUT2D eigenvalue weighted by Gasteiger charge is -2.09. The molecule has 0 aliphatic heterocycles. The number of sulfonamides is 1. The fourth-order valence-corrected chi connectivity index (χ4v) is 3.81. The van der Waals surface area contributed by atoms with Crippen LogP contribution in [0.15, 0.2) is 57.9 Å². The Kier molecular flexibility index (Phi) is 6.69. The highest BCUT2D eigenvalue weighted by atomic mass is 32.2.